The Morgan fingerprint density at radius 3 is 2.45 bits per heavy atom. The summed E-state index contributed by atoms with van der Waals surface area (Å²) in [7, 11) is 0. The fourth-order valence-electron chi connectivity index (χ4n) is 0.744. The van der Waals surface area contributed by atoms with E-state index in [0.29, 0.717) is 11.7 Å². The van der Waals surface area contributed by atoms with Gasteiger partial charge in [0.25, 0.3) is 0 Å². The van der Waals surface area contributed by atoms with E-state index in [1.807, 2.05) is 12.2 Å². The van der Waals surface area contributed by atoms with Crippen LogP contribution in [0.1, 0.15) is 19.8 Å². The Labute approximate surface area is 67.9 Å². The molecule has 0 aliphatic carbocycles. The fourth-order valence-corrected chi connectivity index (χ4v) is 0.744. The Morgan fingerprint density at radius 2 is 2.00 bits per heavy atom. The van der Waals surface area contributed by atoms with E-state index in [1.165, 1.54) is 0 Å². The van der Waals surface area contributed by atoms with Crippen LogP contribution in [0.4, 0.5) is 0 Å². The van der Waals surface area contributed by atoms with Crippen LogP contribution in [0.2, 0.25) is 0 Å². The van der Waals surface area contributed by atoms with E-state index in [0.717, 1.165) is 12.8 Å². The lowest BCUT2D eigenvalue weighted by molar-refractivity contribution is 0.600. The first-order valence-electron chi connectivity index (χ1n) is 3.74. The van der Waals surface area contributed by atoms with Crippen LogP contribution in [0.3, 0.4) is 0 Å². The van der Waals surface area contributed by atoms with Gasteiger partial charge in [-0.05, 0) is 31.0 Å². The highest BCUT2D eigenvalue weighted by molar-refractivity contribution is 4.91. The van der Waals surface area contributed by atoms with Gasteiger partial charge in [0.1, 0.15) is 0 Å². The molecule has 64 valence electrons. The second kappa shape index (κ2) is 5.65. The van der Waals surface area contributed by atoms with Gasteiger partial charge in [-0.2, -0.15) is 0 Å². The summed E-state index contributed by atoms with van der Waals surface area (Å²) in [6.07, 6.45) is 7.21. The van der Waals surface area contributed by atoms with Crippen LogP contribution in [0.15, 0.2) is 24.2 Å². The van der Waals surface area contributed by atoms with Crippen molar-refractivity contribution in [3.8, 4) is 0 Å². The predicted octanol–water partition coefficient (Wildman–Crippen LogP) is 0.634. The zero-order chi connectivity index (χ0) is 8.69. The van der Waals surface area contributed by atoms with E-state index in [2.05, 4.69) is 6.92 Å². The van der Waals surface area contributed by atoms with Gasteiger partial charge in [0.15, 0.2) is 0 Å². The number of allylic oxidation sites excluding steroid dienone is 2. The Hall–Kier alpha value is -1.12. The molecule has 1 unspecified atom stereocenters. The highest BCUT2D eigenvalue weighted by atomic mass is 14.8. The molecule has 0 rings (SSSR count). The quantitative estimate of drug-likeness (QED) is 0.557. The Kier molecular flexibility index (Phi) is 5.07. The van der Waals surface area contributed by atoms with Crippen molar-refractivity contribution in [2.24, 2.45) is 23.1 Å². The summed E-state index contributed by atoms with van der Waals surface area (Å²) in [4.78, 5) is 0. The number of hydrogen-bond acceptors (Lipinski definition) is 3. The van der Waals surface area contributed by atoms with Crippen LogP contribution in [0.5, 0.6) is 0 Å². The molecular weight excluding hydrogens is 138 g/mol. The molecule has 3 nitrogen and oxygen atoms in total. The third-order valence-electron chi connectivity index (χ3n) is 1.43. The van der Waals surface area contributed by atoms with Crippen molar-refractivity contribution in [1.82, 2.24) is 0 Å². The molecule has 0 aliphatic rings. The summed E-state index contributed by atoms with van der Waals surface area (Å²) in [6, 6.07) is 0. The predicted molar refractivity (Wildman–Crippen MR) is 48.2 cm³/mol. The normalized spacial score (nSPS) is 13.2. The summed E-state index contributed by atoms with van der Waals surface area (Å²) in [5.74, 6) is 0.950. The fraction of sp³-hybridized carbons (Fsp3) is 0.500. The number of hydrogen-bond donors (Lipinski definition) is 3. The molecule has 6 N–H and O–H groups in total. The lowest BCUT2D eigenvalue weighted by atomic mass is 10.0. The van der Waals surface area contributed by atoms with Crippen LogP contribution in [0, 0.1) is 5.92 Å². The van der Waals surface area contributed by atoms with Gasteiger partial charge in [-0.1, -0.05) is 13.0 Å². The average molecular weight is 155 g/mol. The Morgan fingerprint density at radius 1 is 1.36 bits per heavy atom. The van der Waals surface area contributed by atoms with E-state index < -0.39 is 0 Å². The molecule has 0 aromatic heterocycles. The molecule has 0 spiro atoms. The van der Waals surface area contributed by atoms with E-state index in [-0.39, 0.29) is 0 Å². The molecular formula is C8H17N3. The summed E-state index contributed by atoms with van der Waals surface area (Å²) < 4.78 is 0. The van der Waals surface area contributed by atoms with Gasteiger partial charge < -0.3 is 17.2 Å². The van der Waals surface area contributed by atoms with E-state index in [9.17, 15) is 0 Å². The van der Waals surface area contributed by atoms with Gasteiger partial charge in [-0.25, -0.2) is 0 Å². The SMILES string of the molecule is CC(CC=C(N)N)C/C=C\N. The first kappa shape index (κ1) is 9.88. The smallest absolute Gasteiger partial charge is 0.0892 e. The third-order valence-corrected chi connectivity index (χ3v) is 1.43. The molecule has 3 heteroatoms. The Bertz CT molecular complexity index is 145. The monoisotopic (exact) mass is 155 g/mol. The van der Waals surface area contributed by atoms with E-state index in [1.54, 1.807) is 6.20 Å². The number of nitrogens with two attached hydrogens (primary N) is 3. The summed E-state index contributed by atoms with van der Waals surface area (Å²) in [5.41, 5.74) is 15.7. The maximum absolute atomic E-state index is 5.27. The van der Waals surface area contributed by atoms with Crippen LogP contribution < -0.4 is 17.2 Å². The van der Waals surface area contributed by atoms with Gasteiger partial charge >= 0.3 is 0 Å². The van der Waals surface area contributed by atoms with Crippen LogP contribution in [0.25, 0.3) is 0 Å². The van der Waals surface area contributed by atoms with Crippen molar-refractivity contribution in [3.05, 3.63) is 24.2 Å². The molecule has 1 atom stereocenters. The first-order chi connectivity index (χ1) is 5.16. The van der Waals surface area contributed by atoms with E-state index >= 15 is 0 Å². The van der Waals surface area contributed by atoms with Crippen molar-refractivity contribution in [3.63, 3.8) is 0 Å². The highest BCUT2D eigenvalue weighted by Crippen LogP contribution is 2.08. The van der Waals surface area contributed by atoms with Crippen molar-refractivity contribution in [2.75, 3.05) is 0 Å². The molecule has 0 saturated carbocycles. The lowest BCUT2D eigenvalue weighted by Gasteiger charge is -2.03. The van der Waals surface area contributed by atoms with Gasteiger partial charge in [0.05, 0.1) is 5.82 Å². The molecule has 0 fully saturated rings. The van der Waals surface area contributed by atoms with Crippen LogP contribution >= 0.6 is 0 Å². The van der Waals surface area contributed by atoms with E-state index in [4.69, 9.17) is 17.2 Å². The van der Waals surface area contributed by atoms with Gasteiger partial charge in [-0.3, -0.25) is 0 Å². The maximum Gasteiger partial charge on any atom is 0.0892 e. The van der Waals surface area contributed by atoms with Crippen molar-refractivity contribution >= 4 is 0 Å². The second-order valence-corrected chi connectivity index (χ2v) is 2.71. The molecule has 0 bridgehead atoms. The summed E-state index contributed by atoms with van der Waals surface area (Å²) in [6.45, 7) is 2.12. The summed E-state index contributed by atoms with van der Waals surface area (Å²) >= 11 is 0. The van der Waals surface area contributed by atoms with Crippen molar-refractivity contribution < 1.29 is 0 Å². The van der Waals surface area contributed by atoms with Crippen LogP contribution in [-0.2, 0) is 0 Å². The zero-order valence-corrected chi connectivity index (χ0v) is 6.96. The Balaban J connectivity index is 3.52. The largest absolute Gasteiger partial charge is 0.405 e. The maximum atomic E-state index is 5.27. The topological polar surface area (TPSA) is 78.1 Å². The van der Waals surface area contributed by atoms with Gasteiger partial charge in [0, 0.05) is 0 Å². The molecule has 0 radical (unpaired) electrons. The molecule has 0 aliphatic heterocycles. The number of rotatable bonds is 4. The third kappa shape index (κ3) is 6.77. The molecule has 0 heterocycles. The van der Waals surface area contributed by atoms with Crippen molar-refractivity contribution in [2.45, 2.75) is 19.8 Å². The molecule has 0 aromatic carbocycles. The van der Waals surface area contributed by atoms with Crippen LogP contribution in [-0.4, -0.2) is 0 Å². The van der Waals surface area contributed by atoms with Crippen molar-refractivity contribution in [1.29, 1.82) is 0 Å². The van der Waals surface area contributed by atoms with Gasteiger partial charge in [-0.15, -0.1) is 0 Å². The lowest BCUT2D eigenvalue weighted by Crippen LogP contribution is -2.08. The molecule has 0 saturated heterocycles. The zero-order valence-electron chi connectivity index (χ0n) is 6.96. The molecule has 0 aromatic rings. The molecule has 11 heavy (non-hydrogen) atoms. The standard InChI is InChI=1S/C8H17N3/c1-7(3-2-6-9)4-5-8(10)11/h2,5-7H,3-4,9-11H2,1H3/b6-2-. The minimum Gasteiger partial charge on any atom is -0.405 e. The molecule has 0 amide bonds. The first-order valence-corrected chi connectivity index (χ1v) is 3.74. The second-order valence-electron chi connectivity index (χ2n) is 2.71. The summed E-state index contributed by atoms with van der Waals surface area (Å²) in [5, 5.41) is 0. The minimum absolute atomic E-state index is 0.397. The van der Waals surface area contributed by atoms with Gasteiger partial charge in [0.2, 0.25) is 0 Å². The highest BCUT2D eigenvalue weighted by Gasteiger charge is 1.95. The average Bonchev–Trinajstić information content (AvgIpc) is 1.97. The minimum atomic E-state index is 0.397.